The van der Waals surface area contributed by atoms with E-state index in [1.165, 1.54) is 0 Å². The summed E-state index contributed by atoms with van der Waals surface area (Å²) in [5, 5.41) is 3.54. The van der Waals surface area contributed by atoms with Crippen molar-refractivity contribution in [3.05, 3.63) is 58.6 Å². The number of carbonyl (C=O) groups excluding carboxylic acids is 1. The summed E-state index contributed by atoms with van der Waals surface area (Å²) in [6, 6.07) is 13.2. The highest BCUT2D eigenvalue weighted by molar-refractivity contribution is 6.31. The zero-order chi connectivity index (χ0) is 14.1. The molecule has 0 bridgehead atoms. The predicted octanol–water partition coefficient (Wildman–Crippen LogP) is 3.63. The van der Waals surface area contributed by atoms with Crippen LogP contribution in [0, 0.1) is 0 Å². The van der Waals surface area contributed by atoms with E-state index in [1.54, 1.807) is 13.2 Å². The van der Waals surface area contributed by atoms with Gasteiger partial charge in [0.05, 0.1) is 13.0 Å². The highest BCUT2D eigenvalue weighted by Gasteiger charge is 2.31. The van der Waals surface area contributed by atoms with Crippen molar-refractivity contribution in [1.82, 2.24) is 0 Å². The summed E-state index contributed by atoms with van der Waals surface area (Å²) in [6.07, 6.45) is 0.600. The van der Waals surface area contributed by atoms with Crippen molar-refractivity contribution in [2.24, 2.45) is 0 Å². The molecular weight excluding hydrogens is 274 g/mol. The molecule has 20 heavy (non-hydrogen) atoms. The van der Waals surface area contributed by atoms with Crippen LogP contribution in [0.4, 0.5) is 5.69 Å². The first kappa shape index (κ1) is 13.0. The zero-order valence-electron chi connectivity index (χ0n) is 11.0. The molecule has 2 aromatic rings. The molecule has 0 saturated carbocycles. The lowest BCUT2D eigenvalue weighted by Crippen LogP contribution is -2.14. The third kappa shape index (κ3) is 2.25. The molecule has 0 fully saturated rings. The first-order valence-electron chi connectivity index (χ1n) is 6.41. The molecule has 0 radical (unpaired) electrons. The number of rotatable bonds is 3. The number of nitrogens with one attached hydrogen (secondary N) is 1. The van der Waals surface area contributed by atoms with Crippen LogP contribution in [0.15, 0.2) is 42.5 Å². The van der Waals surface area contributed by atoms with Crippen LogP contribution in [0.3, 0.4) is 0 Å². The SMILES string of the molecule is COc1ccccc1C[C@H]1C(=O)Nc2ccc(Cl)cc21. The van der Waals surface area contributed by atoms with E-state index < -0.39 is 0 Å². The Morgan fingerprint density at radius 2 is 2.05 bits per heavy atom. The Kier molecular flexibility index (Phi) is 3.36. The van der Waals surface area contributed by atoms with E-state index in [1.807, 2.05) is 36.4 Å². The van der Waals surface area contributed by atoms with Crippen LogP contribution >= 0.6 is 11.6 Å². The number of fused-ring (bicyclic) bond motifs is 1. The second-order valence-corrected chi connectivity index (χ2v) is 5.23. The van der Waals surface area contributed by atoms with Crippen LogP contribution in [0.5, 0.6) is 5.75 Å². The molecule has 2 aromatic carbocycles. The number of carbonyl (C=O) groups is 1. The number of methoxy groups -OCH3 is 1. The Bertz CT molecular complexity index is 669. The van der Waals surface area contributed by atoms with Crippen LogP contribution in [0.2, 0.25) is 5.02 Å². The van der Waals surface area contributed by atoms with Gasteiger partial charge in [0.1, 0.15) is 5.75 Å². The van der Waals surface area contributed by atoms with Gasteiger partial charge in [0.15, 0.2) is 0 Å². The Labute approximate surface area is 122 Å². The second-order valence-electron chi connectivity index (χ2n) is 4.79. The molecule has 1 aliphatic heterocycles. The molecule has 1 amide bonds. The molecule has 1 aliphatic rings. The summed E-state index contributed by atoms with van der Waals surface area (Å²) in [5.74, 6) is 0.587. The summed E-state index contributed by atoms with van der Waals surface area (Å²) in [6.45, 7) is 0. The Morgan fingerprint density at radius 1 is 1.25 bits per heavy atom. The maximum Gasteiger partial charge on any atom is 0.232 e. The number of hydrogen-bond donors (Lipinski definition) is 1. The minimum atomic E-state index is -0.222. The molecule has 3 rings (SSSR count). The number of para-hydroxylation sites is 1. The van der Waals surface area contributed by atoms with E-state index in [0.717, 1.165) is 22.6 Å². The summed E-state index contributed by atoms with van der Waals surface area (Å²) in [7, 11) is 1.64. The number of benzene rings is 2. The smallest absolute Gasteiger partial charge is 0.232 e. The fraction of sp³-hybridized carbons (Fsp3) is 0.188. The average Bonchev–Trinajstić information content (AvgIpc) is 2.76. The van der Waals surface area contributed by atoms with Gasteiger partial charge in [0.2, 0.25) is 5.91 Å². The number of hydrogen-bond acceptors (Lipinski definition) is 2. The van der Waals surface area contributed by atoms with Crippen molar-refractivity contribution in [3.8, 4) is 5.75 Å². The molecule has 0 aliphatic carbocycles. The van der Waals surface area contributed by atoms with Crippen LogP contribution in [0.1, 0.15) is 17.0 Å². The van der Waals surface area contributed by atoms with Gasteiger partial charge in [-0.15, -0.1) is 0 Å². The molecule has 0 unspecified atom stereocenters. The molecule has 3 nitrogen and oxygen atoms in total. The summed E-state index contributed by atoms with van der Waals surface area (Å²) >= 11 is 6.03. The third-order valence-corrected chi connectivity index (χ3v) is 3.82. The second kappa shape index (κ2) is 5.17. The molecule has 4 heteroatoms. The normalized spacial score (nSPS) is 16.7. The van der Waals surface area contributed by atoms with Crippen LogP contribution in [-0.2, 0) is 11.2 Å². The summed E-state index contributed by atoms with van der Waals surface area (Å²) in [4.78, 5) is 12.2. The first-order chi connectivity index (χ1) is 9.69. The van der Waals surface area contributed by atoms with E-state index in [-0.39, 0.29) is 11.8 Å². The monoisotopic (exact) mass is 287 g/mol. The van der Waals surface area contributed by atoms with E-state index in [0.29, 0.717) is 11.4 Å². The van der Waals surface area contributed by atoms with E-state index in [9.17, 15) is 4.79 Å². The minimum Gasteiger partial charge on any atom is -0.496 e. The van der Waals surface area contributed by atoms with Gasteiger partial charge in [-0.2, -0.15) is 0 Å². The number of ether oxygens (including phenoxy) is 1. The Morgan fingerprint density at radius 3 is 2.85 bits per heavy atom. The quantitative estimate of drug-likeness (QED) is 0.936. The molecular formula is C16H14ClNO2. The number of amides is 1. The largest absolute Gasteiger partial charge is 0.496 e. The van der Waals surface area contributed by atoms with Crippen LogP contribution < -0.4 is 10.1 Å². The lowest BCUT2D eigenvalue weighted by atomic mass is 9.93. The minimum absolute atomic E-state index is 0.00757. The first-order valence-corrected chi connectivity index (χ1v) is 6.79. The van der Waals surface area contributed by atoms with Gasteiger partial charge < -0.3 is 10.1 Å². The number of anilines is 1. The number of halogens is 1. The predicted molar refractivity (Wildman–Crippen MR) is 79.5 cm³/mol. The van der Waals surface area contributed by atoms with E-state index >= 15 is 0 Å². The van der Waals surface area contributed by atoms with Crippen molar-refractivity contribution in [3.63, 3.8) is 0 Å². The topological polar surface area (TPSA) is 38.3 Å². The maximum absolute atomic E-state index is 12.2. The molecule has 0 spiro atoms. The van der Waals surface area contributed by atoms with Gasteiger partial charge in [0, 0.05) is 10.7 Å². The van der Waals surface area contributed by atoms with E-state index in [2.05, 4.69) is 5.32 Å². The van der Waals surface area contributed by atoms with Gasteiger partial charge in [0.25, 0.3) is 0 Å². The van der Waals surface area contributed by atoms with E-state index in [4.69, 9.17) is 16.3 Å². The van der Waals surface area contributed by atoms with Crippen molar-refractivity contribution in [2.75, 3.05) is 12.4 Å². The Hall–Kier alpha value is -2.00. The molecule has 0 saturated heterocycles. The zero-order valence-corrected chi connectivity index (χ0v) is 11.8. The average molecular weight is 288 g/mol. The maximum atomic E-state index is 12.2. The lowest BCUT2D eigenvalue weighted by Gasteiger charge is -2.12. The van der Waals surface area contributed by atoms with Crippen molar-refractivity contribution in [1.29, 1.82) is 0 Å². The molecule has 1 N–H and O–H groups in total. The summed E-state index contributed by atoms with van der Waals surface area (Å²) < 4.78 is 5.34. The third-order valence-electron chi connectivity index (χ3n) is 3.58. The Balaban J connectivity index is 1.96. The molecule has 1 atom stereocenters. The van der Waals surface area contributed by atoms with Gasteiger partial charge in [-0.3, -0.25) is 4.79 Å². The van der Waals surface area contributed by atoms with Gasteiger partial charge in [-0.1, -0.05) is 29.8 Å². The van der Waals surface area contributed by atoms with Crippen molar-refractivity contribution < 1.29 is 9.53 Å². The van der Waals surface area contributed by atoms with Crippen molar-refractivity contribution >= 4 is 23.2 Å². The van der Waals surface area contributed by atoms with Crippen molar-refractivity contribution in [2.45, 2.75) is 12.3 Å². The highest BCUT2D eigenvalue weighted by atomic mass is 35.5. The molecule has 102 valence electrons. The fourth-order valence-electron chi connectivity index (χ4n) is 2.59. The van der Waals surface area contributed by atoms with Gasteiger partial charge >= 0.3 is 0 Å². The highest BCUT2D eigenvalue weighted by Crippen LogP contribution is 2.37. The molecule has 0 aromatic heterocycles. The molecule has 1 heterocycles. The fourth-order valence-corrected chi connectivity index (χ4v) is 2.77. The van der Waals surface area contributed by atoms with Crippen LogP contribution in [0.25, 0.3) is 0 Å². The van der Waals surface area contributed by atoms with Crippen LogP contribution in [-0.4, -0.2) is 13.0 Å². The lowest BCUT2D eigenvalue weighted by molar-refractivity contribution is -0.117. The van der Waals surface area contributed by atoms with Gasteiger partial charge in [-0.25, -0.2) is 0 Å². The standard InChI is InChI=1S/C16H14ClNO2/c1-20-15-5-3-2-4-10(15)8-13-12-9-11(17)6-7-14(12)18-16(13)19/h2-7,9,13H,8H2,1H3,(H,18,19)/t13-/m1/s1. The summed E-state index contributed by atoms with van der Waals surface area (Å²) in [5.41, 5.74) is 2.82. The van der Waals surface area contributed by atoms with Gasteiger partial charge in [-0.05, 0) is 41.8 Å².